The van der Waals surface area contributed by atoms with Crippen molar-refractivity contribution in [1.29, 1.82) is 0 Å². The maximum absolute atomic E-state index is 12.1. The van der Waals surface area contributed by atoms with Crippen LogP contribution in [0.15, 0.2) is 24.3 Å². The Labute approximate surface area is 171 Å². The van der Waals surface area contributed by atoms with Crippen LogP contribution < -0.4 is 0 Å². The predicted octanol–water partition coefficient (Wildman–Crippen LogP) is 5.69. The summed E-state index contributed by atoms with van der Waals surface area (Å²) in [6.45, 7) is 14.4. The zero-order valence-electron chi connectivity index (χ0n) is 17.9. The molecule has 0 bridgehead atoms. The number of halogens is 1. The Morgan fingerprint density at radius 2 is 1.52 bits per heavy atom. The van der Waals surface area contributed by atoms with Crippen LogP contribution in [0.5, 0.6) is 0 Å². The first kappa shape index (κ1) is 24.0. The average Bonchev–Trinajstić information content (AvgIpc) is 2.55. The third kappa shape index (κ3) is 4.86. The van der Waals surface area contributed by atoms with E-state index in [0.717, 1.165) is 44.2 Å². The van der Waals surface area contributed by atoms with Crippen LogP contribution in [0.2, 0.25) is 0 Å². The minimum absolute atomic E-state index is 0. The Morgan fingerprint density at radius 1 is 1.04 bits per heavy atom. The van der Waals surface area contributed by atoms with Crippen molar-refractivity contribution in [2.24, 2.45) is 5.41 Å². The van der Waals surface area contributed by atoms with Gasteiger partial charge in [-0.25, -0.2) is 0 Å². The van der Waals surface area contributed by atoms with Crippen molar-refractivity contribution in [3.8, 4) is 0 Å². The van der Waals surface area contributed by atoms with Crippen LogP contribution in [0.25, 0.3) is 0 Å². The molecule has 154 valence electrons. The van der Waals surface area contributed by atoms with Gasteiger partial charge in [0, 0.05) is 18.6 Å². The first-order valence-corrected chi connectivity index (χ1v) is 10.3. The highest BCUT2D eigenvalue weighted by molar-refractivity contribution is 5.85. The van der Waals surface area contributed by atoms with Crippen LogP contribution in [0.1, 0.15) is 78.4 Å². The molecule has 0 unspecified atom stereocenters. The van der Waals surface area contributed by atoms with Crippen molar-refractivity contribution in [3.63, 3.8) is 0 Å². The molecule has 1 aliphatic carbocycles. The topological polar surface area (TPSA) is 40.5 Å². The number of carboxylic acids is 1. The fourth-order valence-corrected chi connectivity index (χ4v) is 4.82. The molecule has 1 aromatic carbocycles. The van der Waals surface area contributed by atoms with Gasteiger partial charge >= 0.3 is 5.97 Å². The van der Waals surface area contributed by atoms with E-state index in [0.29, 0.717) is 12.1 Å². The van der Waals surface area contributed by atoms with Crippen LogP contribution in [0.4, 0.5) is 0 Å². The van der Waals surface area contributed by atoms with E-state index in [2.05, 4.69) is 70.7 Å². The third-order valence-corrected chi connectivity index (χ3v) is 6.75. The lowest BCUT2D eigenvalue weighted by Gasteiger charge is -2.54. The van der Waals surface area contributed by atoms with Crippen molar-refractivity contribution >= 4 is 18.4 Å². The Kier molecular flexibility index (Phi) is 8.37. The number of nitrogens with zero attached hydrogens (tertiary/aromatic N) is 1. The quantitative estimate of drug-likeness (QED) is 0.583. The molecule has 0 atom stereocenters. The van der Waals surface area contributed by atoms with Crippen LogP contribution >= 0.6 is 12.4 Å². The highest BCUT2D eigenvalue weighted by atomic mass is 35.5. The summed E-state index contributed by atoms with van der Waals surface area (Å²) < 4.78 is 0. The fourth-order valence-electron chi connectivity index (χ4n) is 4.82. The molecule has 0 heterocycles. The molecule has 1 aliphatic rings. The number of rotatable bonds is 9. The molecule has 0 radical (unpaired) electrons. The smallest absolute Gasteiger partial charge is 0.314 e. The van der Waals surface area contributed by atoms with Crippen LogP contribution in [0.3, 0.4) is 0 Å². The molecular weight excluding hydrogens is 358 g/mol. The average molecular weight is 396 g/mol. The van der Waals surface area contributed by atoms with Crippen molar-refractivity contribution in [2.45, 2.75) is 91.1 Å². The minimum atomic E-state index is -0.674. The molecule has 27 heavy (non-hydrogen) atoms. The number of carbonyl (C=O) groups is 1. The van der Waals surface area contributed by atoms with E-state index in [9.17, 15) is 9.90 Å². The summed E-state index contributed by atoms with van der Waals surface area (Å²) in [5, 5.41) is 9.92. The zero-order chi connectivity index (χ0) is 19.5. The SMILES string of the molecule is CCC1(CC)CC(C(=O)O)(c2ccc(CCN(C(C)C)C(C)C)cc2)C1.Cl. The molecular formula is C23H38ClNO2. The Morgan fingerprint density at radius 3 is 1.89 bits per heavy atom. The highest BCUT2D eigenvalue weighted by Gasteiger charge is 2.58. The van der Waals surface area contributed by atoms with Gasteiger partial charge in [-0.05, 0) is 63.5 Å². The lowest BCUT2D eigenvalue weighted by atomic mass is 9.48. The summed E-state index contributed by atoms with van der Waals surface area (Å²) in [5.74, 6) is -0.659. The Balaban J connectivity index is 0.00000364. The molecule has 2 rings (SSSR count). The summed E-state index contributed by atoms with van der Waals surface area (Å²) in [6, 6.07) is 9.47. The summed E-state index contributed by atoms with van der Waals surface area (Å²) in [7, 11) is 0. The fraction of sp³-hybridized carbons (Fsp3) is 0.696. The number of hydrogen-bond acceptors (Lipinski definition) is 2. The molecule has 1 saturated carbocycles. The van der Waals surface area contributed by atoms with Crippen LogP contribution in [0, 0.1) is 5.41 Å². The third-order valence-electron chi connectivity index (χ3n) is 6.75. The molecule has 4 heteroatoms. The largest absolute Gasteiger partial charge is 0.481 e. The molecule has 0 spiro atoms. The van der Waals surface area contributed by atoms with Gasteiger partial charge in [0.25, 0.3) is 0 Å². The lowest BCUT2D eigenvalue weighted by molar-refractivity contribution is -0.155. The zero-order valence-corrected chi connectivity index (χ0v) is 18.7. The standard InChI is InChI=1S/C23H37NO2.ClH/c1-7-22(8-2)15-23(16-22,21(25)26)20-11-9-19(10-12-20)13-14-24(17(3)4)18(5)6;/h9-12,17-18H,7-8,13-16H2,1-6H3,(H,25,26);1H. The van der Waals surface area contributed by atoms with Crippen molar-refractivity contribution in [3.05, 3.63) is 35.4 Å². The minimum Gasteiger partial charge on any atom is -0.481 e. The summed E-state index contributed by atoms with van der Waals surface area (Å²) in [5.41, 5.74) is 1.81. The van der Waals surface area contributed by atoms with Gasteiger partial charge in [0.2, 0.25) is 0 Å². The number of hydrogen-bond donors (Lipinski definition) is 1. The second-order valence-corrected chi connectivity index (χ2v) is 8.82. The van der Waals surface area contributed by atoms with Crippen LogP contribution in [-0.4, -0.2) is 34.6 Å². The first-order chi connectivity index (χ1) is 12.2. The number of carboxylic acid groups (broad SMARTS) is 1. The van der Waals surface area contributed by atoms with Gasteiger partial charge in [0.15, 0.2) is 0 Å². The Hall–Kier alpha value is -1.06. The van der Waals surface area contributed by atoms with Crippen LogP contribution in [-0.2, 0) is 16.6 Å². The summed E-state index contributed by atoms with van der Waals surface area (Å²) in [4.78, 5) is 14.6. The van der Waals surface area contributed by atoms with Gasteiger partial charge in [-0.2, -0.15) is 0 Å². The van der Waals surface area contributed by atoms with E-state index in [1.165, 1.54) is 5.56 Å². The molecule has 0 amide bonds. The first-order valence-electron chi connectivity index (χ1n) is 10.3. The van der Waals surface area contributed by atoms with E-state index in [1.807, 2.05) is 0 Å². The van der Waals surface area contributed by atoms with E-state index in [1.54, 1.807) is 0 Å². The van der Waals surface area contributed by atoms with Gasteiger partial charge in [0.1, 0.15) is 0 Å². The highest BCUT2D eigenvalue weighted by Crippen LogP contribution is 2.59. The van der Waals surface area contributed by atoms with E-state index in [4.69, 9.17) is 0 Å². The molecule has 0 aromatic heterocycles. The number of benzene rings is 1. The molecule has 3 nitrogen and oxygen atoms in total. The molecule has 1 N–H and O–H groups in total. The monoisotopic (exact) mass is 395 g/mol. The predicted molar refractivity (Wildman–Crippen MR) is 116 cm³/mol. The van der Waals surface area contributed by atoms with E-state index >= 15 is 0 Å². The Bertz CT molecular complexity index is 589. The molecule has 0 saturated heterocycles. The van der Waals surface area contributed by atoms with Crippen molar-refractivity contribution in [2.75, 3.05) is 6.54 Å². The molecule has 1 aromatic rings. The van der Waals surface area contributed by atoms with Gasteiger partial charge in [0.05, 0.1) is 5.41 Å². The lowest BCUT2D eigenvalue weighted by Crippen LogP contribution is -2.54. The second-order valence-electron chi connectivity index (χ2n) is 8.82. The van der Waals surface area contributed by atoms with E-state index in [-0.39, 0.29) is 17.8 Å². The maximum atomic E-state index is 12.1. The second kappa shape index (κ2) is 9.43. The number of aliphatic carboxylic acids is 1. The van der Waals surface area contributed by atoms with Gasteiger partial charge in [-0.15, -0.1) is 12.4 Å². The van der Waals surface area contributed by atoms with Gasteiger partial charge < -0.3 is 5.11 Å². The van der Waals surface area contributed by atoms with Crippen molar-refractivity contribution in [1.82, 2.24) is 4.90 Å². The molecule has 1 fully saturated rings. The van der Waals surface area contributed by atoms with Gasteiger partial charge in [-0.3, -0.25) is 9.69 Å². The summed E-state index contributed by atoms with van der Waals surface area (Å²) in [6.07, 6.45) is 4.69. The summed E-state index contributed by atoms with van der Waals surface area (Å²) >= 11 is 0. The normalized spacial score (nSPS) is 17.7. The van der Waals surface area contributed by atoms with Crippen molar-refractivity contribution < 1.29 is 9.90 Å². The van der Waals surface area contributed by atoms with Gasteiger partial charge in [-0.1, -0.05) is 51.0 Å². The maximum Gasteiger partial charge on any atom is 0.314 e. The van der Waals surface area contributed by atoms with E-state index < -0.39 is 11.4 Å². The molecule has 0 aliphatic heterocycles.